The maximum Gasteiger partial charge on any atom is 0.144 e. The number of rotatable bonds is 5. The fourth-order valence-electron chi connectivity index (χ4n) is 6.48. The number of imidazole rings is 1. The van der Waals surface area contributed by atoms with Gasteiger partial charge in [-0.25, -0.2) is 4.98 Å². The van der Waals surface area contributed by atoms with E-state index in [1.807, 2.05) is 6.20 Å². The Morgan fingerprint density at radius 1 is 0.543 bits per heavy atom. The Morgan fingerprint density at radius 3 is 1.69 bits per heavy atom. The average Bonchev–Trinajstić information content (AvgIpc) is 3.44. The lowest BCUT2D eigenvalue weighted by atomic mass is 9.78. The molecule has 2 heteroatoms. The summed E-state index contributed by atoms with van der Waals surface area (Å²) in [7, 11) is 0. The normalized spacial score (nSPS) is 17.5. The van der Waals surface area contributed by atoms with Crippen molar-refractivity contribution in [2.24, 2.45) is 0 Å². The van der Waals surface area contributed by atoms with Gasteiger partial charge in [0.15, 0.2) is 0 Å². The number of benzene rings is 3. The van der Waals surface area contributed by atoms with Crippen LogP contribution in [0.15, 0.2) is 85.2 Å². The van der Waals surface area contributed by atoms with Crippen LogP contribution in [-0.4, -0.2) is 9.55 Å². The van der Waals surface area contributed by atoms with E-state index in [2.05, 4.69) is 83.6 Å². The molecule has 0 aliphatic heterocycles. The Bertz CT molecular complexity index is 1200. The van der Waals surface area contributed by atoms with Crippen molar-refractivity contribution in [3.05, 3.63) is 96.3 Å². The Hall–Kier alpha value is -3.13. The molecule has 0 bridgehead atoms. The van der Waals surface area contributed by atoms with Gasteiger partial charge in [-0.05, 0) is 59.8 Å². The number of para-hydroxylation sites is 1. The molecule has 178 valence electrons. The highest BCUT2D eigenvalue weighted by Gasteiger charge is 2.26. The van der Waals surface area contributed by atoms with Crippen LogP contribution in [-0.2, 0) is 0 Å². The van der Waals surface area contributed by atoms with Gasteiger partial charge in [0.1, 0.15) is 5.82 Å². The number of aromatic nitrogens is 2. The van der Waals surface area contributed by atoms with Crippen LogP contribution in [0.4, 0.5) is 0 Å². The Labute approximate surface area is 210 Å². The molecule has 0 radical (unpaired) electrons. The van der Waals surface area contributed by atoms with Gasteiger partial charge in [-0.15, -0.1) is 0 Å². The summed E-state index contributed by atoms with van der Waals surface area (Å²) in [6.45, 7) is 0. The van der Waals surface area contributed by atoms with Gasteiger partial charge in [0.25, 0.3) is 0 Å². The van der Waals surface area contributed by atoms with Crippen molar-refractivity contribution in [2.75, 3.05) is 0 Å². The lowest BCUT2D eigenvalue weighted by Crippen LogP contribution is -2.14. The maximum atomic E-state index is 4.90. The third kappa shape index (κ3) is 4.59. The summed E-state index contributed by atoms with van der Waals surface area (Å²) in [6.07, 6.45) is 17.7. The summed E-state index contributed by atoms with van der Waals surface area (Å²) < 4.78 is 2.42. The second-order valence-corrected chi connectivity index (χ2v) is 10.5. The van der Waals surface area contributed by atoms with E-state index in [0.29, 0.717) is 11.8 Å². The minimum atomic E-state index is 0.665. The molecule has 0 spiro atoms. The minimum absolute atomic E-state index is 0.665. The molecule has 0 atom stereocenters. The summed E-state index contributed by atoms with van der Waals surface area (Å²) in [5.74, 6) is 2.39. The third-order valence-electron chi connectivity index (χ3n) is 8.32. The second kappa shape index (κ2) is 10.2. The van der Waals surface area contributed by atoms with Gasteiger partial charge in [-0.2, -0.15) is 0 Å². The molecule has 1 heterocycles. The van der Waals surface area contributed by atoms with Crippen molar-refractivity contribution >= 4 is 0 Å². The van der Waals surface area contributed by atoms with Crippen LogP contribution >= 0.6 is 0 Å². The smallest absolute Gasteiger partial charge is 0.144 e. The van der Waals surface area contributed by atoms with Gasteiger partial charge in [0, 0.05) is 18.0 Å². The number of hydrogen-bond donors (Lipinski definition) is 0. The van der Waals surface area contributed by atoms with Crippen molar-refractivity contribution in [3.8, 4) is 28.2 Å². The van der Waals surface area contributed by atoms with Gasteiger partial charge in [-0.3, -0.25) is 4.57 Å². The van der Waals surface area contributed by atoms with Gasteiger partial charge >= 0.3 is 0 Å². The van der Waals surface area contributed by atoms with Crippen LogP contribution in [0.3, 0.4) is 0 Å². The average molecular weight is 461 g/mol. The van der Waals surface area contributed by atoms with E-state index in [0.717, 1.165) is 5.82 Å². The van der Waals surface area contributed by atoms with Crippen LogP contribution in [0, 0.1) is 0 Å². The molecule has 35 heavy (non-hydrogen) atoms. The van der Waals surface area contributed by atoms with Crippen LogP contribution in [0.1, 0.15) is 87.2 Å². The topological polar surface area (TPSA) is 17.8 Å². The van der Waals surface area contributed by atoms with Gasteiger partial charge in [0.05, 0.1) is 5.69 Å². The van der Waals surface area contributed by atoms with Crippen molar-refractivity contribution < 1.29 is 0 Å². The van der Waals surface area contributed by atoms with Gasteiger partial charge in [-0.1, -0.05) is 111 Å². The Kier molecular flexibility index (Phi) is 6.53. The summed E-state index contributed by atoms with van der Waals surface area (Å²) >= 11 is 0. The molecule has 6 rings (SSSR count). The highest BCUT2D eigenvalue weighted by atomic mass is 15.1. The zero-order chi connectivity index (χ0) is 23.5. The molecule has 2 aliphatic carbocycles. The van der Waals surface area contributed by atoms with E-state index >= 15 is 0 Å². The number of nitrogens with zero attached hydrogens (tertiary/aromatic N) is 2. The molecule has 1 aromatic heterocycles. The first-order valence-electron chi connectivity index (χ1n) is 13.7. The first-order valence-corrected chi connectivity index (χ1v) is 13.7. The molecule has 2 fully saturated rings. The predicted octanol–water partition coefficient (Wildman–Crippen LogP) is 9.30. The lowest BCUT2D eigenvalue weighted by molar-refractivity contribution is 0.434. The molecule has 3 aromatic carbocycles. The standard InChI is InChI=1S/C33H36N2/c1-4-11-25(12-5-1)26-19-21-29(22-20-26)33-34-23-24-35(33)32-30(27-13-6-2-7-14-27)17-10-18-31(32)28-15-8-3-9-16-28/h1,4-5,10-12,17-24,27-28H,2-3,6-9,13-16H2. The highest BCUT2D eigenvalue weighted by Crippen LogP contribution is 2.43. The molecule has 0 saturated heterocycles. The van der Waals surface area contributed by atoms with Crippen LogP contribution in [0.5, 0.6) is 0 Å². The summed E-state index contributed by atoms with van der Waals surface area (Å²) in [5.41, 5.74) is 8.22. The molecule has 0 amide bonds. The molecular formula is C33H36N2. The fourth-order valence-corrected chi connectivity index (χ4v) is 6.48. The summed E-state index contributed by atoms with van der Waals surface area (Å²) in [4.78, 5) is 4.90. The van der Waals surface area contributed by atoms with E-state index in [1.54, 1.807) is 11.1 Å². The highest BCUT2D eigenvalue weighted by molar-refractivity contribution is 5.69. The van der Waals surface area contributed by atoms with Crippen LogP contribution in [0.25, 0.3) is 28.2 Å². The number of hydrogen-bond acceptors (Lipinski definition) is 1. The van der Waals surface area contributed by atoms with Gasteiger partial charge < -0.3 is 0 Å². The zero-order valence-electron chi connectivity index (χ0n) is 20.7. The third-order valence-corrected chi connectivity index (χ3v) is 8.32. The summed E-state index contributed by atoms with van der Waals surface area (Å²) in [5, 5.41) is 0. The molecular weight excluding hydrogens is 424 g/mol. The maximum absolute atomic E-state index is 4.90. The molecule has 4 aromatic rings. The zero-order valence-corrected chi connectivity index (χ0v) is 20.7. The Balaban J connectivity index is 1.44. The minimum Gasteiger partial charge on any atom is -0.299 e. The van der Waals surface area contributed by atoms with E-state index in [-0.39, 0.29) is 0 Å². The monoisotopic (exact) mass is 460 g/mol. The SMILES string of the molecule is c1ccc(-c2ccc(-c3nccn3-c3c(C4CCCCC4)cccc3C3CCCCC3)cc2)cc1. The van der Waals surface area contributed by atoms with E-state index in [1.165, 1.54) is 86.6 Å². The first-order chi connectivity index (χ1) is 17.4. The lowest BCUT2D eigenvalue weighted by Gasteiger charge is -2.30. The second-order valence-electron chi connectivity index (χ2n) is 10.5. The van der Waals surface area contributed by atoms with E-state index < -0.39 is 0 Å². The van der Waals surface area contributed by atoms with Crippen molar-refractivity contribution in [1.82, 2.24) is 9.55 Å². The molecule has 0 N–H and O–H groups in total. The molecule has 2 saturated carbocycles. The molecule has 0 unspecified atom stereocenters. The fraction of sp³-hybridized carbons (Fsp3) is 0.364. The van der Waals surface area contributed by atoms with Crippen LogP contribution in [0.2, 0.25) is 0 Å². The van der Waals surface area contributed by atoms with Crippen molar-refractivity contribution in [2.45, 2.75) is 76.0 Å². The quantitative estimate of drug-likeness (QED) is 0.290. The van der Waals surface area contributed by atoms with E-state index in [9.17, 15) is 0 Å². The molecule has 2 nitrogen and oxygen atoms in total. The molecule has 2 aliphatic rings. The summed E-state index contributed by atoms with van der Waals surface area (Å²) in [6, 6.07) is 26.7. The van der Waals surface area contributed by atoms with E-state index in [4.69, 9.17) is 4.98 Å². The van der Waals surface area contributed by atoms with Crippen LogP contribution < -0.4 is 0 Å². The largest absolute Gasteiger partial charge is 0.299 e. The van der Waals surface area contributed by atoms with Crippen molar-refractivity contribution in [3.63, 3.8) is 0 Å². The van der Waals surface area contributed by atoms with Gasteiger partial charge in [0.2, 0.25) is 0 Å². The predicted molar refractivity (Wildman–Crippen MR) is 146 cm³/mol. The van der Waals surface area contributed by atoms with Crippen molar-refractivity contribution in [1.29, 1.82) is 0 Å². The Morgan fingerprint density at radius 2 is 1.09 bits per heavy atom. The first kappa shape index (κ1) is 22.3.